The minimum atomic E-state index is 0.479. The summed E-state index contributed by atoms with van der Waals surface area (Å²) in [4.78, 5) is 0. The molecule has 2 nitrogen and oxygen atoms in total. The molecule has 2 atom stereocenters. The van der Waals surface area contributed by atoms with Crippen molar-refractivity contribution in [2.45, 2.75) is 37.8 Å². The molecule has 2 unspecified atom stereocenters. The molecular formula is C8H16N2. The maximum atomic E-state index is 5.85. The second-order valence-electron chi connectivity index (χ2n) is 3.68. The highest BCUT2D eigenvalue weighted by molar-refractivity contribution is 4.91. The molecule has 0 aromatic carbocycles. The van der Waals surface area contributed by atoms with Gasteiger partial charge in [-0.15, -0.1) is 0 Å². The molecule has 0 bridgehead atoms. The maximum Gasteiger partial charge on any atom is 0.0110 e. The fourth-order valence-corrected chi connectivity index (χ4v) is 1.84. The molecule has 2 heteroatoms. The highest BCUT2D eigenvalue weighted by Crippen LogP contribution is 2.35. The summed E-state index contributed by atoms with van der Waals surface area (Å²) >= 11 is 0. The van der Waals surface area contributed by atoms with Crippen molar-refractivity contribution in [3.05, 3.63) is 0 Å². The Morgan fingerprint density at radius 2 is 2.00 bits per heavy atom. The van der Waals surface area contributed by atoms with Gasteiger partial charge in [0.05, 0.1) is 0 Å². The lowest BCUT2D eigenvalue weighted by molar-refractivity contribution is 0.334. The summed E-state index contributed by atoms with van der Waals surface area (Å²) in [6.45, 7) is 1.14. The lowest BCUT2D eigenvalue weighted by Crippen LogP contribution is -2.44. The largest absolute Gasteiger partial charge is 0.328 e. The van der Waals surface area contributed by atoms with E-state index in [0.717, 1.165) is 18.5 Å². The van der Waals surface area contributed by atoms with E-state index in [0.29, 0.717) is 6.04 Å². The van der Waals surface area contributed by atoms with Crippen molar-refractivity contribution < 1.29 is 0 Å². The standard InChI is InChI=1S/C8H16N2/c9-7-3-4-10-8(5-7)6-1-2-6/h6-8,10H,1-5,9H2. The molecule has 1 saturated heterocycles. The molecule has 0 aromatic heterocycles. The van der Waals surface area contributed by atoms with Crippen molar-refractivity contribution >= 4 is 0 Å². The van der Waals surface area contributed by atoms with E-state index in [1.54, 1.807) is 0 Å². The van der Waals surface area contributed by atoms with Gasteiger partial charge in [0.2, 0.25) is 0 Å². The summed E-state index contributed by atoms with van der Waals surface area (Å²) in [6.07, 6.45) is 5.25. The van der Waals surface area contributed by atoms with Gasteiger partial charge in [0.25, 0.3) is 0 Å². The Kier molecular flexibility index (Phi) is 1.66. The van der Waals surface area contributed by atoms with Crippen LogP contribution in [0.4, 0.5) is 0 Å². The van der Waals surface area contributed by atoms with Gasteiger partial charge in [0, 0.05) is 12.1 Å². The predicted octanol–water partition coefficient (Wildman–Crippen LogP) is 0.476. The van der Waals surface area contributed by atoms with E-state index in [-0.39, 0.29) is 0 Å². The van der Waals surface area contributed by atoms with Gasteiger partial charge in [-0.1, -0.05) is 0 Å². The van der Waals surface area contributed by atoms with Crippen LogP contribution in [-0.4, -0.2) is 18.6 Å². The monoisotopic (exact) mass is 140 g/mol. The smallest absolute Gasteiger partial charge is 0.0110 e. The first-order chi connectivity index (χ1) is 4.86. The van der Waals surface area contributed by atoms with Crippen molar-refractivity contribution in [3.63, 3.8) is 0 Å². The molecule has 0 radical (unpaired) electrons. The highest BCUT2D eigenvalue weighted by Gasteiger charge is 2.33. The van der Waals surface area contributed by atoms with Gasteiger partial charge in [0.15, 0.2) is 0 Å². The summed E-state index contributed by atoms with van der Waals surface area (Å²) in [5.41, 5.74) is 5.85. The molecule has 10 heavy (non-hydrogen) atoms. The Hall–Kier alpha value is -0.0800. The number of hydrogen-bond donors (Lipinski definition) is 2. The first-order valence-electron chi connectivity index (χ1n) is 4.35. The predicted molar refractivity (Wildman–Crippen MR) is 41.7 cm³/mol. The van der Waals surface area contributed by atoms with E-state index >= 15 is 0 Å². The van der Waals surface area contributed by atoms with Crippen LogP contribution in [0.25, 0.3) is 0 Å². The van der Waals surface area contributed by atoms with E-state index in [1.807, 2.05) is 0 Å². The molecule has 1 saturated carbocycles. The maximum absolute atomic E-state index is 5.85. The topological polar surface area (TPSA) is 38.0 Å². The average molecular weight is 140 g/mol. The first-order valence-corrected chi connectivity index (χ1v) is 4.35. The van der Waals surface area contributed by atoms with E-state index in [4.69, 9.17) is 5.73 Å². The van der Waals surface area contributed by atoms with E-state index in [1.165, 1.54) is 25.7 Å². The number of rotatable bonds is 1. The Morgan fingerprint density at radius 3 is 2.60 bits per heavy atom. The van der Waals surface area contributed by atoms with Crippen LogP contribution >= 0.6 is 0 Å². The van der Waals surface area contributed by atoms with Gasteiger partial charge in [-0.05, 0) is 38.1 Å². The second-order valence-corrected chi connectivity index (χ2v) is 3.68. The molecule has 0 amide bonds. The molecule has 2 fully saturated rings. The van der Waals surface area contributed by atoms with E-state index in [2.05, 4.69) is 5.32 Å². The molecule has 3 N–H and O–H groups in total. The third-order valence-corrected chi connectivity index (χ3v) is 2.67. The Labute approximate surface area is 62.2 Å². The minimum absolute atomic E-state index is 0.479. The summed E-state index contributed by atoms with van der Waals surface area (Å²) < 4.78 is 0. The first kappa shape index (κ1) is 6.62. The van der Waals surface area contributed by atoms with E-state index < -0.39 is 0 Å². The Balaban J connectivity index is 1.84. The molecule has 0 aromatic rings. The third kappa shape index (κ3) is 1.32. The van der Waals surface area contributed by atoms with Crippen LogP contribution in [-0.2, 0) is 0 Å². The average Bonchev–Trinajstić information content (AvgIpc) is 2.68. The molecule has 1 heterocycles. The zero-order chi connectivity index (χ0) is 6.97. The van der Waals surface area contributed by atoms with Crippen molar-refractivity contribution in [1.29, 1.82) is 0 Å². The van der Waals surface area contributed by atoms with Crippen molar-refractivity contribution in [2.24, 2.45) is 11.7 Å². The minimum Gasteiger partial charge on any atom is -0.328 e. The summed E-state index contributed by atoms with van der Waals surface area (Å²) in [5.74, 6) is 0.978. The zero-order valence-electron chi connectivity index (χ0n) is 6.34. The van der Waals surface area contributed by atoms with Gasteiger partial charge in [-0.25, -0.2) is 0 Å². The van der Waals surface area contributed by atoms with Crippen LogP contribution in [0.3, 0.4) is 0 Å². The van der Waals surface area contributed by atoms with Crippen LogP contribution in [0.15, 0.2) is 0 Å². The molecule has 2 rings (SSSR count). The van der Waals surface area contributed by atoms with Crippen LogP contribution < -0.4 is 11.1 Å². The third-order valence-electron chi connectivity index (χ3n) is 2.67. The van der Waals surface area contributed by atoms with Crippen molar-refractivity contribution in [2.75, 3.05) is 6.54 Å². The van der Waals surface area contributed by atoms with Crippen LogP contribution in [0.5, 0.6) is 0 Å². The lowest BCUT2D eigenvalue weighted by atomic mass is 9.97. The number of piperidine rings is 1. The van der Waals surface area contributed by atoms with Crippen LogP contribution in [0.1, 0.15) is 25.7 Å². The van der Waals surface area contributed by atoms with Crippen molar-refractivity contribution in [1.82, 2.24) is 5.32 Å². The SMILES string of the molecule is NC1CCNC(C2CC2)C1. The Bertz CT molecular complexity index is 120. The van der Waals surface area contributed by atoms with Gasteiger partial charge in [-0.2, -0.15) is 0 Å². The van der Waals surface area contributed by atoms with Gasteiger partial charge < -0.3 is 11.1 Å². The quantitative estimate of drug-likeness (QED) is 0.556. The molecule has 1 aliphatic heterocycles. The molecule has 58 valence electrons. The molecule has 2 aliphatic rings. The number of nitrogens with one attached hydrogen (secondary N) is 1. The fraction of sp³-hybridized carbons (Fsp3) is 1.00. The highest BCUT2D eigenvalue weighted by atomic mass is 15.0. The fourth-order valence-electron chi connectivity index (χ4n) is 1.84. The molecular weight excluding hydrogens is 124 g/mol. The van der Waals surface area contributed by atoms with E-state index in [9.17, 15) is 0 Å². The summed E-state index contributed by atoms with van der Waals surface area (Å²) in [7, 11) is 0. The van der Waals surface area contributed by atoms with Gasteiger partial charge >= 0.3 is 0 Å². The molecule has 1 aliphatic carbocycles. The van der Waals surface area contributed by atoms with Crippen molar-refractivity contribution in [3.8, 4) is 0 Å². The van der Waals surface area contributed by atoms with Gasteiger partial charge in [-0.3, -0.25) is 0 Å². The van der Waals surface area contributed by atoms with Gasteiger partial charge in [0.1, 0.15) is 0 Å². The second kappa shape index (κ2) is 2.51. The van der Waals surface area contributed by atoms with Crippen LogP contribution in [0.2, 0.25) is 0 Å². The number of nitrogens with two attached hydrogens (primary N) is 1. The normalized spacial score (nSPS) is 41.7. The number of hydrogen-bond acceptors (Lipinski definition) is 2. The van der Waals surface area contributed by atoms with Crippen LogP contribution in [0, 0.1) is 5.92 Å². The zero-order valence-corrected chi connectivity index (χ0v) is 6.34. The Morgan fingerprint density at radius 1 is 1.20 bits per heavy atom. The summed E-state index contributed by atoms with van der Waals surface area (Å²) in [6, 6.07) is 1.25. The lowest BCUT2D eigenvalue weighted by Gasteiger charge is -2.27. The summed E-state index contributed by atoms with van der Waals surface area (Å²) in [5, 5.41) is 3.53. The molecule has 0 spiro atoms.